The molecule has 11 heteroatoms. The van der Waals surface area contributed by atoms with Crippen molar-refractivity contribution in [3.05, 3.63) is 95.3 Å². The van der Waals surface area contributed by atoms with E-state index in [1.807, 2.05) is 28.8 Å². The first-order chi connectivity index (χ1) is 20.3. The normalized spacial score (nSPS) is 14.6. The fraction of sp³-hybridized carbons (Fsp3) is 0.290. The molecule has 0 spiro atoms. The van der Waals surface area contributed by atoms with Crippen molar-refractivity contribution in [2.75, 3.05) is 32.8 Å². The number of halogens is 4. The van der Waals surface area contributed by atoms with Gasteiger partial charge in [-0.1, -0.05) is 36.4 Å². The van der Waals surface area contributed by atoms with Crippen LogP contribution in [0.15, 0.2) is 72.8 Å². The average Bonchev–Trinajstić information content (AvgIpc) is 3.52. The Bertz CT molecular complexity index is 1670. The number of nitrogens with zero attached hydrogens (tertiary/aromatic N) is 5. The molecule has 3 aromatic carbocycles. The number of benzene rings is 3. The van der Waals surface area contributed by atoms with Crippen LogP contribution in [0.2, 0.25) is 0 Å². The van der Waals surface area contributed by atoms with E-state index in [-0.39, 0.29) is 11.7 Å². The predicted octanol–water partition coefficient (Wildman–Crippen LogP) is 5.87. The van der Waals surface area contributed by atoms with Crippen molar-refractivity contribution in [2.45, 2.75) is 25.6 Å². The third-order valence-electron chi connectivity index (χ3n) is 7.59. The van der Waals surface area contributed by atoms with E-state index in [1.165, 1.54) is 28.9 Å². The van der Waals surface area contributed by atoms with Crippen molar-refractivity contribution in [3.63, 3.8) is 0 Å². The molecule has 42 heavy (non-hydrogen) atoms. The van der Waals surface area contributed by atoms with Gasteiger partial charge in [0.05, 0.1) is 29.8 Å². The van der Waals surface area contributed by atoms with E-state index in [9.17, 15) is 22.7 Å². The highest BCUT2D eigenvalue weighted by molar-refractivity contribution is 5.77. The molecule has 3 heterocycles. The molecule has 0 unspecified atom stereocenters. The van der Waals surface area contributed by atoms with Crippen LogP contribution in [-0.4, -0.2) is 62.2 Å². The summed E-state index contributed by atoms with van der Waals surface area (Å²) in [6.45, 7) is 4.30. The van der Waals surface area contributed by atoms with Crippen LogP contribution in [0.3, 0.4) is 0 Å². The largest absolute Gasteiger partial charge is 0.493 e. The molecule has 218 valence electrons. The molecule has 7 nitrogen and oxygen atoms in total. The van der Waals surface area contributed by atoms with E-state index in [0.29, 0.717) is 55.4 Å². The van der Waals surface area contributed by atoms with Gasteiger partial charge in [0.15, 0.2) is 0 Å². The maximum Gasteiger partial charge on any atom is 0.416 e. The van der Waals surface area contributed by atoms with Crippen LogP contribution in [0.5, 0.6) is 5.88 Å². The summed E-state index contributed by atoms with van der Waals surface area (Å²) >= 11 is 0. The summed E-state index contributed by atoms with van der Waals surface area (Å²) in [5.74, 6) is -0.0890. The molecule has 1 aliphatic heterocycles. The molecule has 6 rings (SSSR count). The zero-order valence-electron chi connectivity index (χ0n) is 22.7. The number of aromatic hydroxyl groups is 1. The number of hydrogen-bond acceptors (Lipinski definition) is 5. The van der Waals surface area contributed by atoms with Crippen molar-refractivity contribution >= 4 is 11.0 Å². The maximum atomic E-state index is 13.5. The van der Waals surface area contributed by atoms with Crippen molar-refractivity contribution in [1.29, 1.82) is 0 Å². The lowest BCUT2D eigenvalue weighted by Gasteiger charge is -2.26. The standard InChI is InChI=1S/C31H29F4N5O2/c32-24-12-5-21(6-13-24)7-14-25-28(22-8-10-23(11-9-22)31(33,34)35)37-40(29(25)41)30-36-26-3-1-2-4-27(26)39(30)16-15-38-17-19-42-20-18-38/h1-6,8-13,41H,7,14-20H2. The third kappa shape index (κ3) is 5.75. The Morgan fingerprint density at radius 2 is 1.57 bits per heavy atom. The molecule has 2 aromatic heterocycles. The second-order valence-corrected chi connectivity index (χ2v) is 10.3. The predicted molar refractivity (Wildman–Crippen MR) is 150 cm³/mol. The zero-order valence-corrected chi connectivity index (χ0v) is 22.7. The Morgan fingerprint density at radius 1 is 0.857 bits per heavy atom. The number of alkyl halides is 3. The van der Waals surface area contributed by atoms with Gasteiger partial charge in [0, 0.05) is 37.3 Å². The monoisotopic (exact) mass is 579 g/mol. The topological polar surface area (TPSA) is 68.3 Å². The maximum absolute atomic E-state index is 13.5. The van der Waals surface area contributed by atoms with E-state index >= 15 is 0 Å². The number of aryl methyl sites for hydroxylation is 1. The first-order valence-electron chi connectivity index (χ1n) is 13.8. The molecule has 0 bridgehead atoms. The highest BCUT2D eigenvalue weighted by Gasteiger charge is 2.31. The van der Waals surface area contributed by atoms with Gasteiger partial charge in [-0.05, 0) is 54.8 Å². The minimum atomic E-state index is -4.48. The lowest BCUT2D eigenvalue weighted by Crippen LogP contribution is -2.38. The molecule has 0 atom stereocenters. The summed E-state index contributed by atoms with van der Waals surface area (Å²) in [6, 6.07) is 18.4. The van der Waals surface area contributed by atoms with Crippen LogP contribution in [0.4, 0.5) is 17.6 Å². The van der Waals surface area contributed by atoms with Gasteiger partial charge >= 0.3 is 6.18 Å². The molecule has 0 amide bonds. The zero-order chi connectivity index (χ0) is 29.3. The van der Waals surface area contributed by atoms with Crippen LogP contribution >= 0.6 is 0 Å². The van der Waals surface area contributed by atoms with Crippen molar-refractivity contribution in [1.82, 2.24) is 24.2 Å². The summed E-state index contributed by atoms with van der Waals surface area (Å²) in [5.41, 5.74) is 2.93. The second-order valence-electron chi connectivity index (χ2n) is 10.3. The van der Waals surface area contributed by atoms with Gasteiger partial charge in [0.2, 0.25) is 11.8 Å². The number of para-hydroxylation sites is 2. The van der Waals surface area contributed by atoms with Gasteiger partial charge in [-0.2, -0.15) is 23.0 Å². The van der Waals surface area contributed by atoms with E-state index in [4.69, 9.17) is 14.8 Å². The summed E-state index contributed by atoms with van der Waals surface area (Å²) in [7, 11) is 0. The summed E-state index contributed by atoms with van der Waals surface area (Å²) in [5, 5.41) is 16.3. The molecule has 1 fully saturated rings. The number of fused-ring (bicyclic) bond motifs is 1. The molecule has 0 saturated carbocycles. The Hall–Kier alpha value is -4.22. The quantitative estimate of drug-likeness (QED) is 0.233. The lowest BCUT2D eigenvalue weighted by atomic mass is 10.0. The minimum Gasteiger partial charge on any atom is -0.493 e. The van der Waals surface area contributed by atoms with E-state index in [1.54, 1.807) is 12.1 Å². The number of ether oxygens (including phenoxy) is 1. The lowest BCUT2D eigenvalue weighted by molar-refractivity contribution is -0.137. The first kappa shape index (κ1) is 27.9. The van der Waals surface area contributed by atoms with E-state index in [2.05, 4.69) is 4.90 Å². The highest BCUT2D eigenvalue weighted by Crippen LogP contribution is 2.36. The Kier molecular flexibility index (Phi) is 7.70. The Morgan fingerprint density at radius 3 is 2.29 bits per heavy atom. The SMILES string of the molecule is Oc1c(CCc2ccc(F)cc2)c(-c2ccc(C(F)(F)F)cc2)nn1-c1nc2ccccc2n1CCN1CCOCC1. The van der Waals surface area contributed by atoms with Crippen molar-refractivity contribution < 1.29 is 27.4 Å². The second kappa shape index (κ2) is 11.6. The van der Waals surface area contributed by atoms with Gasteiger partial charge in [-0.3, -0.25) is 4.90 Å². The minimum absolute atomic E-state index is 0.144. The number of rotatable bonds is 8. The summed E-state index contributed by atoms with van der Waals surface area (Å²) in [4.78, 5) is 7.10. The van der Waals surface area contributed by atoms with Crippen molar-refractivity contribution in [2.24, 2.45) is 0 Å². The molecule has 1 N–H and O–H groups in total. The number of hydrogen-bond donors (Lipinski definition) is 1. The molecule has 0 aliphatic carbocycles. The number of aromatic nitrogens is 4. The third-order valence-corrected chi connectivity index (χ3v) is 7.59. The summed E-state index contributed by atoms with van der Waals surface area (Å²) in [6.07, 6.45) is -3.70. The Labute approximate surface area is 239 Å². The van der Waals surface area contributed by atoms with Crippen LogP contribution in [0, 0.1) is 5.82 Å². The molecular weight excluding hydrogens is 550 g/mol. The number of imidazole rings is 1. The van der Waals surface area contributed by atoms with E-state index < -0.39 is 11.7 Å². The molecule has 0 radical (unpaired) electrons. The Balaban J connectivity index is 1.42. The van der Waals surface area contributed by atoms with Crippen LogP contribution in [-0.2, 0) is 30.3 Å². The molecular formula is C31H29F4N5O2. The van der Waals surface area contributed by atoms with Crippen molar-refractivity contribution in [3.8, 4) is 23.1 Å². The summed E-state index contributed by atoms with van der Waals surface area (Å²) < 4.78 is 62.1. The van der Waals surface area contributed by atoms with Gasteiger partial charge < -0.3 is 14.4 Å². The van der Waals surface area contributed by atoms with Gasteiger partial charge in [0.1, 0.15) is 11.5 Å². The van der Waals surface area contributed by atoms with E-state index in [0.717, 1.165) is 48.4 Å². The molecule has 1 saturated heterocycles. The van der Waals surface area contributed by atoms with Crippen LogP contribution < -0.4 is 0 Å². The van der Waals surface area contributed by atoms with Gasteiger partial charge in [-0.25, -0.2) is 9.37 Å². The first-order valence-corrected chi connectivity index (χ1v) is 13.8. The van der Waals surface area contributed by atoms with Gasteiger partial charge in [-0.15, -0.1) is 0 Å². The van der Waals surface area contributed by atoms with Gasteiger partial charge in [0.25, 0.3) is 0 Å². The number of morpholine rings is 1. The average molecular weight is 580 g/mol. The smallest absolute Gasteiger partial charge is 0.416 e. The molecule has 5 aromatic rings. The fourth-order valence-corrected chi connectivity index (χ4v) is 5.29. The van der Waals surface area contributed by atoms with Crippen LogP contribution in [0.25, 0.3) is 28.2 Å². The highest BCUT2D eigenvalue weighted by atomic mass is 19.4. The van der Waals surface area contributed by atoms with Crippen LogP contribution in [0.1, 0.15) is 16.7 Å². The fourth-order valence-electron chi connectivity index (χ4n) is 5.29. The molecule has 1 aliphatic rings.